The molecular weight excluding hydrogens is 180 g/mol. The van der Waals surface area contributed by atoms with Crippen LogP contribution in [0.3, 0.4) is 0 Å². The van der Waals surface area contributed by atoms with Crippen molar-refractivity contribution in [3.8, 4) is 0 Å². The first kappa shape index (κ1) is 10.9. The SMILES string of the molecule is C=CC(=O)OC(C)SSCC. The van der Waals surface area contributed by atoms with Gasteiger partial charge >= 0.3 is 5.97 Å². The van der Waals surface area contributed by atoms with E-state index in [1.54, 1.807) is 21.6 Å². The minimum atomic E-state index is -0.360. The molecule has 1 atom stereocenters. The third-order valence-corrected chi connectivity index (χ3v) is 3.44. The van der Waals surface area contributed by atoms with Gasteiger partial charge in [-0.05, 0) is 17.7 Å². The molecule has 0 aliphatic rings. The first-order valence-electron chi connectivity index (χ1n) is 3.32. The van der Waals surface area contributed by atoms with Gasteiger partial charge in [-0.15, -0.1) is 0 Å². The average Bonchev–Trinajstić information content (AvgIpc) is 2.00. The molecule has 0 heterocycles. The van der Waals surface area contributed by atoms with Crippen LogP contribution in [-0.2, 0) is 9.53 Å². The van der Waals surface area contributed by atoms with Crippen molar-refractivity contribution in [3.05, 3.63) is 12.7 Å². The van der Waals surface area contributed by atoms with Crippen molar-refractivity contribution >= 4 is 27.6 Å². The topological polar surface area (TPSA) is 26.3 Å². The van der Waals surface area contributed by atoms with Crippen LogP contribution in [0.4, 0.5) is 0 Å². The summed E-state index contributed by atoms with van der Waals surface area (Å²) >= 11 is 0. The molecule has 0 bridgehead atoms. The number of hydrogen-bond donors (Lipinski definition) is 0. The molecule has 0 rings (SSSR count). The Morgan fingerprint density at radius 1 is 1.82 bits per heavy atom. The zero-order valence-electron chi connectivity index (χ0n) is 6.70. The van der Waals surface area contributed by atoms with Crippen LogP contribution in [0.5, 0.6) is 0 Å². The number of carbonyl (C=O) groups excluding carboxylic acids is 1. The van der Waals surface area contributed by atoms with E-state index in [0.29, 0.717) is 0 Å². The van der Waals surface area contributed by atoms with Gasteiger partial charge in [-0.1, -0.05) is 24.3 Å². The minimum Gasteiger partial charge on any atom is -0.448 e. The second kappa shape index (κ2) is 6.61. The lowest BCUT2D eigenvalue weighted by molar-refractivity contribution is -0.138. The van der Waals surface area contributed by atoms with E-state index in [2.05, 4.69) is 13.5 Å². The van der Waals surface area contributed by atoms with Crippen LogP contribution in [-0.4, -0.2) is 17.2 Å². The fourth-order valence-electron chi connectivity index (χ4n) is 0.395. The van der Waals surface area contributed by atoms with E-state index in [1.807, 2.05) is 6.92 Å². The zero-order chi connectivity index (χ0) is 8.69. The molecule has 0 aliphatic heterocycles. The van der Waals surface area contributed by atoms with Gasteiger partial charge in [0, 0.05) is 11.8 Å². The fraction of sp³-hybridized carbons (Fsp3) is 0.571. The maximum absolute atomic E-state index is 10.6. The van der Waals surface area contributed by atoms with Crippen molar-refractivity contribution < 1.29 is 9.53 Å². The third-order valence-electron chi connectivity index (χ3n) is 0.770. The van der Waals surface area contributed by atoms with E-state index >= 15 is 0 Å². The third kappa shape index (κ3) is 6.31. The maximum atomic E-state index is 10.6. The molecule has 4 heteroatoms. The molecule has 0 aromatic rings. The van der Waals surface area contributed by atoms with Gasteiger partial charge in [-0.3, -0.25) is 0 Å². The monoisotopic (exact) mass is 192 g/mol. The first-order chi connectivity index (χ1) is 5.20. The second-order valence-electron chi connectivity index (χ2n) is 1.71. The van der Waals surface area contributed by atoms with Crippen molar-refractivity contribution in [2.24, 2.45) is 0 Å². The highest BCUT2D eigenvalue weighted by Gasteiger charge is 2.05. The molecule has 0 aromatic carbocycles. The molecule has 64 valence electrons. The quantitative estimate of drug-likeness (QED) is 0.289. The molecule has 0 N–H and O–H groups in total. The van der Waals surface area contributed by atoms with Gasteiger partial charge in [-0.25, -0.2) is 4.79 Å². The predicted molar refractivity (Wildman–Crippen MR) is 51.5 cm³/mol. The van der Waals surface area contributed by atoms with Crippen molar-refractivity contribution in [3.63, 3.8) is 0 Å². The Morgan fingerprint density at radius 3 is 2.91 bits per heavy atom. The standard InChI is InChI=1S/C7H12O2S2/c1-4-7(8)9-6(3)11-10-5-2/h4,6H,1,5H2,2-3H3. The molecule has 1 unspecified atom stereocenters. The van der Waals surface area contributed by atoms with Crippen molar-refractivity contribution in [1.82, 2.24) is 0 Å². The Labute approximate surface area is 75.2 Å². The van der Waals surface area contributed by atoms with Crippen molar-refractivity contribution in [2.75, 3.05) is 5.75 Å². The average molecular weight is 192 g/mol. The van der Waals surface area contributed by atoms with Gasteiger partial charge in [0.25, 0.3) is 0 Å². The Hall–Kier alpha value is -0.0900. The van der Waals surface area contributed by atoms with Crippen molar-refractivity contribution in [1.29, 1.82) is 0 Å². The number of esters is 1. The lowest BCUT2D eigenvalue weighted by atomic mass is 10.6. The molecule has 0 aliphatic carbocycles. The van der Waals surface area contributed by atoms with Gasteiger partial charge in [0.1, 0.15) is 0 Å². The predicted octanol–water partition coefficient (Wildman–Crippen LogP) is 2.46. The van der Waals surface area contributed by atoms with E-state index in [1.165, 1.54) is 6.08 Å². The van der Waals surface area contributed by atoms with Crippen molar-refractivity contribution in [2.45, 2.75) is 19.3 Å². The molecular formula is C7H12O2S2. The number of ether oxygens (including phenoxy) is 1. The maximum Gasteiger partial charge on any atom is 0.331 e. The second-order valence-corrected chi connectivity index (χ2v) is 4.67. The normalized spacial score (nSPS) is 12.2. The van der Waals surface area contributed by atoms with Crippen LogP contribution >= 0.6 is 21.6 Å². The summed E-state index contributed by atoms with van der Waals surface area (Å²) in [5.74, 6) is 0.655. The molecule has 0 saturated heterocycles. The smallest absolute Gasteiger partial charge is 0.331 e. The molecule has 0 radical (unpaired) electrons. The molecule has 11 heavy (non-hydrogen) atoms. The number of hydrogen-bond acceptors (Lipinski definition) is 4. The lowest BCUT2D eigenvalue weighted by Gasteiger charge is -2.08. The molecule has 0 amide bonds. The highest BCUT2D eigenvalue weighted by Crippen LogP contribution is 2.26. The summed E-state index contributed by atoms with van der Waals surface area (Å²) in [5, 5.41) is 0. The highest BCUT2D eigenvalue weighted by atomic mass is 33.1. The highest BCUT2D eigenvalue weighted by molar-refractivity contribution is 8.76. The Balaban J connectivity index is 3.43. The van der Waals surface area contributed by atoms with Crippen LogP contribution in [0.25, 0.3) is 0 Å². The molecule has 0 aromatic heterocycles. The molecule has 0 saturated carbocycles. The lowest BCUT2D eigenvalue weighted by Crippen LogP contribution is -2.07. The number of rotatable bonds is 5. The summed E-state index contributed by atoms with van der Waals surface area (Å²) in [6.07, 6.45) is 1.17. The van der Waals surface area contributed by atoms with Crippen LogP contribution in [0.15, 0.2) is 12.7 Å². The van der Waals surface area contributed by atoms with E-state index in [4.69, 9.17) is 4.74 Å². The summed E-state index contributed by atoms with van der Waals surface area (Å²) in [6, 6.07) is 0. The summed E-state index contributed by atoms with van der Waals surface area (Å²) < 4.78 is 4.89. The largest absolute Gasteiger partial charge is 0.448 e. The van der Waals surface area contributed by atoms with Gasteiger partial charge in [-0.2, -0.15) is 0 Å². The van der Waals surface area contributed by atoms with Crippen LogP contribution in [0.2, 0.25) is 0 Å². The molecule has 0 spiro atoms. The molecule has 0 fully saturated rings. The fourth-order valence-corrected chi connectivity index (χ4v) is 1.96. The van der Waals surface area contributed by atoms with Crippen LogP contribution in [0, 0.1) is 0 Å². The summed E-state index contributed by atoms with van der Waals surface area (Å²) in [7, 11) is 3.22. The van der Waals surface area contributed by atoms with E-state index in [0.717, 1.165) is 5.75 Å². The zero-order valence-corrected chi connectivity index (χ0v) is 8.33. The number of carbonyl (C=O) groups is 1. The van der Waals surface area contributed by atoms with E-state index in [-0.39, 0.29) is 11.4 Å². The van der Waals surface area contributed by atoms with E-state index < -0.39 is 0 Å². The summed E-state index contributed by atoms with van der Waals surface area (Å²) in [4.78, 5) is 10.6. The van der Waals surface area contributed by atoms with Crippen LogP contribution < -0.4 is 0 Å². The van der Waals surface area contributed by atoms with Gasteiger partial charge in [0.2, 0.25) is 0 Å². The van der Waals surface area contributed by atoms with Gasteiger partial charge in [0.15, 0.2) is 5.44 Å². The van der Waals surface area contributed by atoms with Gasteiger partial charge < -0.3 is 4.74 Å². The summed E-state index contributed by atoms with van der Waals surface area (Å²) in [6.45, 7) is 7.20. The first-order valence-corrected chi connectivity index (χ1v) is 5.70. The van der Waals surface area contributed by atoms with Crippen LogP contribution in [0.1, 0.15) is 13.8 Å². The Morgan fingerprint density at radius 2 is 2.45 bits per heavy atom. The van der Waals surface area contributed by atoms with E-state index in [9.17, 15) is 4.79 Å². The summed E-state index contributed by atoms with van der Waals surface area (Å²) in [5.41, 5.74) is -0.0922. The minimum absolute atomic E-state index is 0.0922. The Bertz CT molecular complexity index is 136. The Kier molecular flexibility index (Phi) is 6.56. The molecule has 2 nitrogen and oxygen atoms in total. The van der Waals surface area contributed by atoms with Gasteiger partial charge in [0.05, 0.1) is 0 Å².